The second-order valence-electron chi connectivity index (χ2n) is 2.36. The first-order valence-electron chi connectivity index (χ1n) is 3.70. The van der Waals surface area contributed by atoms with E-state index in [1.54, 1.807) is 23.8 Å². The van der Waals surface area contributed by atoms with E-state index in [9.17, 15) is 0 Å². The topological polar surface area (TPSA) is 26.0 Å². The molecule has 61 valence electrons. The van der Waals surface area contributed by atoms with Crippen molar-refractivity contribution >= 4 is 11.3 Å². The highest BCUT2D eigenvalue weighted by atomic mass is 32.1. The summed E-state index contributed by atoms with van der Waals surface area (Å²) in [5.74, 6) is 0.698. The highest BCUT2D eigenvalue weighted by molar-refractivity contribution is 7.09. The lowest BCUT2D eigenvalue weighted by Crippen LogP contribution is -1.84. The van der Waals surface area contributed by atoms with Gasteiger partial charge in [-0.2, -0.15) is 0 Å². The number of hydrogen-bond acceptors (Lipinski definition) is 3. The molecule has 0 bridgehead atoms. The van der Waals surface area contributed by atoms with Crippen LogP contribution in [0, 0.1) is 6.42 Å². The van der Waals surface area contributed by atoms with E-state index in [2.05, 4.69) is 16.4 Å². The molecule has 0 unspecified atom stereocenters. The van der Waals surface area contributed by atoms with Crippen LogP contribution in [-0.4, -0.2) is 4.98 Å². The van der Waals surface area contributed by atoms with Crippen molar-refractivity contribution in [3.8, 4) is 0 Å². The highest BCUT2D eigenvalue weighted by Gasteiger charge is 1.99. The minimum atomic E-state index is 0.698. The molecule has 0 saturated heterocycles. The third-order valence-corrected chi connectivity index (χ3v) is 2.41. The Morgan fingerprint density at radius 2 is 2.58 bits per heavy atom. The van der Waals surface area contributed by atoms with Crippen LogP contribution in [0.5, 0.6) is 0 Å². The molecule has 0 aliphatic rings. The molecule has 0 N–H and O–H groups in total. The molecule has 0 aliphatic carbocycles. The number of thiophene rings is 1. The Labute approximate surface area is 74.9 Å². The van der Waals surface area contributed by atoms with Crippen molar-refractivity contribution in [3.05, 3.63) is 47.2 Å². The Bertz CT molecular complexity index is 278. The monoisotopic (exact) mass is 178 g/mol. The van der Waals surface area contributed by atoms with Gasteiger partial charge in [0.25, 0.3) is 0 Å². The van der Waals surface area contributed by atoms with Crippen molar-refractivity contribution in [2.45, 2.75) is 6.42 Å². The summed E-state index contributed by atoms with van der Waals surface area (Å²) in [5.41, 5.74) is 0. The first kappa shape index (κ1) is 7.55. The van der Waals surface area contributed by atoms with Gasteiger partial charge in [-0.1, -0.05) is 6.07 Å². The SMILES string of the molecule is [CH](Cc1cccs1)c1ncco1. The number of nitrogens with zero attached hydrogens (tertiary/aromatic N) is 1. The number of rotatable bonds is 3. The van der Waals surface area contributed by atoms with E-state index in [1.807, 2.05) is 12.5 Å². The summed E-state index contributed by atoms with van der Waals surface area (Å²) < 4.78 is 5.07. The molecule has 2 nitrogen and oxygen atoms in total. The van der Waals surface area contributed by atoms with Crippen molar-refractivity contribution in [1.29, 1.82) is 0 Å². The van der Waals surface area contributed by atoms with Crippen LogP contribution in [0.2, 0.25) is 0 Å². The summed E-state index contributed by atoms with van der Waals surface area (Å²) >= 11 is 1.74. The average Bonchev–Trinajstić information content (AvgIpc) is 2.74. The van der Waals surface area contributed by atoms with Gasteiger partial charge in [-0.05, 0) is 17.9 Å². The molecule has 2 heterocycles. The zero-order chi connectivity index (χ0) is 8.23. The Hall–Kier alpha value is -1.09. The summed E-state index contributed by atoms with van der Waals surface area (Å²) in [4.78, 5) is 5.33. The molecule has 0 spiro atoms. The van der Waals surface area contributed by atoms with E-state index < -0.39 is 0 Å². The predicted molar refractivity (Wildman–Crippen MR) is 47.9 cm³/mol. The van der Waals surface area contributed by atoms with Gasteiger partial charge >= 0.3 is 0 Å². The van der Waals surface area contributed by atoms with E-state index in [0.29, 0.717) is 5.89 Å². The van der Waals surface area contributed by atoms with Crippen molar-refractivity contribution in [2.24, 2.45) is 0 Å². The molecule has 0 atom stereocenters. The van der Waals surface area contributed by atoms with Gasteiger partial charge in [-0.15, -0.1) is 11.3 Å². The van der Waals surface area contributed by atoms with Gasteiger partial charge in [-0.25, -0.2) is 4.98 Å². The van der Waals surface area contributed by atoms with Gasteiger partial charge in [-0.3, -0.25) is 0 Å². The molecule has 2 aromatic rings. The highest BCUT2D eigenvalue weighted by Crippen LogP contribution is 2.12. The second kappa shape index (κ2) is 3.54. The van der Waals surface area contributed by atoms with Crippen LogP contribution in [0.3, 0.4) is 0 Å². The van der Waals surface area contributed by atoms with Crippen molar-refractivity contribution in [3.63, 3.8) is 0 Å². The molecule has 12 heavy (non-hydrogen) atoms. The Kier molecular flexibility index (Phi) is 2.23. The maximum absolute atomic E-state index is 5.07. The lowest BCUT2D eigenvalue weighted by atomic mass is 10.3. The zero-order valence-corrected chi connectivity index (χ0v) is 7.25. The molecule has 0 aliphatic heterocycles. The van der Waals surface area contributed by atoms with Gasteiger partial charge < -0.3 is 4.42 Å². The fraction of sp³-hybridized carbons (Fsp3) is 0.111. The molecule has 1 radical (unpaired) electrons. The quantitative estimate of drug-likeness (QED) is 0.721. The van der Waals surface area contributed by atoms with Gasteiger partial charge in [0.15, 0.2) is 5.89 Å². The van der Waals surface area contributed by atoms with Gasteiger partial charge in [0, 0.05) is 4.88 Å². The Balaban J connectivity index is 1.91. The third kappa shape index (κ3) is 1.74. The summed E-state index contributed by atoms with van der Waals surface area (Å²) in [6.07, 6.45) is 6.12. The van der Waals surface area contributed by atoms with Crippen LogP contribution in [0.1, 0.15) is 10.8 Å². The predicted octanol–water partition coefficient (Wildman–Crippen LogP) is 2.53. The largest absolute Gasteiger partial charge is 0.449 e. The van der Waals surface area contributed by atoms with Crippen molar-refractivity contribution in [1.82, 2.24) is 4.98 Å². The molecule has 0 aromatic carbocycles. The smallest absolute Gasteiger partial charge is 0.198 e. The third-order valence-electron chi connectivity index (χ3n) is 1.51. The maximum Gasteiger partial charge on any atom is 0.198 e. The lowest BCUT2D eigenvalue weighted by Gasteiger charge is -1.91. The zero-order valence-electron chi connectivity index (χ0n) is 6.43. The normalized spacial score (nSPS) is 10.3. The number of oxazole rings is 1. The Morgan fingerprint density at radius 3 is 3.25 bits per heavy atom. The fourth-order valence-electron chi connectivity index (χ4n) is 0.952. The van der Waals surface area contributed by atoms with Gasteiger partial charge in [0.05, 0.1) is 12.6 Å². The second-order valence-corrected chi connectivity index (χ2v) is 3.39. The van der Waals surface area contributed by atoms with Crippen LogP contribution in [0.4, 0.5) is 0 Å². The van der Waals surface area contributed by atoms with Crippen LogP contribution in [0.25, 0.3) is 0 Å². The van der Waals surface area contributed by atoms with E-state index in [1.165, 1.54) is 4.88 Å². The molecule has 3 heteroatoms. The molecule has 0 fully saturated rings. The molecule has 2 rings (SSSR count). The van der Waals surface area contributed by atoms with E-state index in [4.69, 9.17) is 4.42 Å². The number of hydrogen-bond donors (Lipinski definition) is 0. The molecule has 0 amide bonds. The summed E-state index contributed by atoms with van der Waals surface area (Å²) in [7, 11) is 0. The summed E-state index contributed by atoms with van der Waals surface area (Å²) in [6, 6.07) is 4.15. The standard InChI is InChI=1S/C9H8NOS/c1-2-8(12-7-1)3-4-9-10-5-6-11-9/h1-2,4-7H,3H2. The van der Waals surface area contributed by atoms with Crippen LogP contribution in [0.15, 0.2) is 34.4 Å². The van der Waals surface area contributed by atoms with Crippen molar-refractivity contribution < 1.29 is 4.42 Å². The van der Waals surface area contributed by atoms with Crippen LogP contribution < -0.4 is 0 Å². The van der Waals surface area contributed by atoms with Crippen molar-refractivity contribution in [2.75, 3.05) is 0 Å². The first-order valence-corrected chi connectivity index (χ1v) is 4.58. The molecular formula is C9H8NOS. The fourth-order valence-corrected chi connectivity index (χ4v) is 1.62. The summed E-state index contributed by atoms with van der Waals surface area (Å²) in [6.45, 7) is 0. The van der Waals surface area contributed by atoms with E-state index in [0.717, 1.165) is 6.42 Å². The molecule has 2 aromatic heterocycles. The molecule has 0 saturated carbocycles. The average molecular weight is 178 g/mol. The van der Waals surface area contributed by atoms with Gasteiger partial charge in [0.2, 0.25) is 0 Å². The van der Waals surface area contributed by atoms with E-state index in [-0.39, 0.29) is 0 Å². The van der Waals surface area contributed by atoms with Crippen LogP contribution in [-0.2, 0) is 6.42 Å². The number of aromatic nitrogens is 1. The minimum absolute atomic E-state index is 0.698. The lowest BCUT2D eigenvalue weighted by molar-refractivity contribution is 0.525. The Morgan fingerprint density at radius 1 is 1.58 bits per heavy atom. The minimum Gasteiger partial charge on any atom is -0.449 e. The van der Waals surface area contributed by atoms with E-state index >= 15 is 0 Å². The summed E-state index contributed by atoms with van der Waals surface area (Å²) in [5, 5.41) is 2.07. The van der Waals surface area contributed by atoms with Crippen LogP contribution >= 0.6 is 11.3 Å². The molecular weight excluding hydrogens is 170 g/mol. The maximum atomic E-state index is 5.07. The first-order chi connectivity index (χ1) is 5.95. The van der Waals surface area contributed by atoms with Gasteiger partial charge in [0.1, 0.15) is 6.26 Å².